The number of hydrogen-bond donors (Lipinski definition) is 0. The zero-order chi connectivity index (χ0) is 41.0. The molecule has 0 saturated carbocycles. The van der Waals surface area contributed by atoms with Crippen LogP contribution in [-0.2, 0) is 28.6 Å². The van der Waals surface area contributed by atoms with Crippen molar-refractivity contribution in [1.82, 2.24) is 0 Å². The molecule has 1 unspecified atom stereocenters. The summed E-state index contributed by atoms with van der Waals surface area (Å²) in [6.45, 7) is 8.99. The quantitative estimate of drug-likeness (QED) is 0.0347. The normalized spacial score (nSPS) is 12.4. The maximum absolute atomic E-state index is 12.7. The number of carbonyl (C=O) groups excluding carboxylic acids is 3. The fraction of sp³-hybridized carbons (Fsp3) is 0.940. The van der Waals surface area contributed by atoms with Gasteiger partial charge in [-0.1, -0.05) is 240 Å². The lowest BCUT2D eigenvalue weighted by molar-refractivity contribution is -0.167. The standard InChI is InChI=1S/C50H96O6/c1-5-8-10-12-14-16-18-20-21-23-24-26-28-33-37-41-48(51)54-44-47(45-55-49(52)42-38-34-31-30-32-36-40-46(4)7-3)56-50(53)43-39-35-29-27-25-22-19-17-15-13-11-9-6-2/h46-47H,5-45H2,1-4H3/t46?,47-/m1/s1. The molecule has 6 nitrogen and oxygen atoms in total. The van der Waals surface area contributed by atoms with E-state index in [0.717, 1.165) is 63.7 Å². The van der Waals surface area contributed by atoms with Gasteiger partial charge in [-0.15, -0.1) is 0 Å². The molecule has 0 aliphatic rings. The Morgan fingerprint density at radius 1 is 0.357 bits per heavy atom. The van der Waals surface area contributed by atoms with Crippen LogP contribution in [0.5, 0.6) is 0 Å². The highest BCUT2D eigenvalue weighted by Crippen LogP contribution is 2.17. The van der Waals surface area contributed by atoms with Gasteiger partial charge in [0.1, 0.15) is 13.2 Å². The van der Waals surface area contributed by atoms with Gasteiger partial charge in [-0.25, -0.2) is 0 Å². The van der Waals surface area contributed by atoms with Gasteiger partial charge in [-0.2, -0.15) is 0 Å². The number of hydrogen-bond acceptors (Lipinski definition) is 6. The lowest BCUT2D eigenvalue weighted by atomic mass is 10.00. The van der Waals surface area contributed by atoms with E-state index in [9.17, 15) is 14.4 Å². The molecule has 0 aromatic heterocycles. The van der Waals surface area contributed by atoms with Crippen molar-refractivity contribution in [2.45, 2.75) is 284 Å². The van der Waals surface area contributed by atoms with E-state index in [1.165, 1.54) is 173 Å². The Bertz CT molecular complexity index is 843. The third-order valence-corrected chi connectivity index (χ3v) is 11.7. The molecule has 0 fully saturated rings. The van der Waals surface area contributed by atoms with Gasteiger partial charge in [0.25, 0.3) is 0 Å². The minimum atomic E-state index is -0.760. The van der Waals surface area contributed by atoms with Crippen LogP contribution in [0.1, 0.15) is 278 Å². The molecule has 0 aromatic rings. The van der Waals surface area contributed by atoms with Gasteiger partial charge >= 0.3 is 17.9 Å². The molecular formula is C50H96O6. The van der Waals surface area contributed by atoms with Gasteiger partial charge in [0, 0.05) is 19.3 Å². The summed E-state index contributed by atoms with van der Waals surface area (Å²) in [6, 6.07) is 0. The molecule has 0 saturated heterocycles. The summed E-state index contributed by atoms with van der Waals surface area (Å²) in [6.07, 6.45) is 45.1. The van der Waals surface area contributed by atoms with Crippen LogP contribution in [0.15, 0.2) is 0 Å². The molecule has 0 heterocycles. The summed E-state index contributed by atoms with van der Waals surface area (Å²) in [4.78, 5) is 37.8. The molecule has 2 atom stereocenters. The molecule has 0 radical (unpaired) electrons. The van der Waals surface area contributed by atoms with Crippen LogP contribution in [0, 0.1) is 5.92 Å². The summed E-state index contributed by atoms with van der Waals surface area (Å²) >= 11 is 0. The van der Waals surface area contributed by atoms with Crippen LogP contribution in [0.3, 0.4) is 0 Å². The number of unbranched alkanes of at least 4 members (excludes halogenated alkanes) is 31. The van der Waals surface area contributed by atoms with Gasteiger partial charge in [0.15, 0.2) is 6.10 Å². The van der Waals surface area contributed by atoms with Crippen molar-refractivity contribution in [3.63, 3.8) is 0 Å². The van der Waals surface area contributed by atoms with Crippen LogP contribution >= 0.6 is 0 Å². The molecule has 0 spiro atoms. The number of rotatable bonds is 45. The SMILES string of the molecule is CCCCCCCCCCCCCCCCCC(=O)OC[C@H](COC(=O)CCCCCCCCC(C)CC)OC(=O)CCCCCCCCCCCCCCC. The van der Waals surface area contributed by atoms with Crippen molar-refractivity contribution in [3.8, 4) is 0 Å². The lowest BCUT2D eigenvalue weighted by Gasteiger charge is -2.18. The van der Waals surface area contributed by atoms with Crippen LogP contribution in [0.4, 0.5) is 0 Å². The first-order valence-corrected chi connectivity index (χ1v) is 24.9. The third kappa shape index (κ3) is 42.0. The monoisotopic (exact) mass is 793 g/mol. The van der Waals surface area contributed by atoms with E-state index in [1.54, 1.807) is 0 Å². The first-order valence-electron chi connectivity index (χ1n) is 24.9. The summed E-state index contributed by atoms with van der Waals surface area (Å²) in [5.41, 5.74) is 0. The molecule has 56 heavy (non-hydrogen) atoms. The highest BCUT2D eigenvalue weighted by atomic mass is 16.6. The third-order valence-electron chi connectivity index (χ3n) is 11.7. The maximum atomic E-state index is 12.7. The van der Waals surface area contributed by atoms with E-state index in [0.29, 0.717) is 19.3 Å². The smallest absolute Gasteiger partial charge is 0.306 e. The minimum Gasteiger partial charge on any atom is -0.462 e. The van der Waals surface area contributed by atoms with Crippen molar-refractivity contribution in [1.29, 1.82) is 0 Å². The topological polar surface area (TPSA) is 78.9 Å². The molecular weight excluding hydrogens is 697 g/mol. The van der Waals surface area contributed by atoms with E-state index in [4.69, 9.17) is 14.2 Å². The largest absolute Gasteiger partial charge is 0.462 e. The number of esters is 3. The highest BCUT2D eigenvalue weighted by Gasteiger charge is 2.19. The molecule has 0 amide bonds. The average molecular weight is 793 g/mol. The van der Waals surface area contributed by atoms with Crippen LogP contribution in [-0.4, -0.2) is 37.2 Å². The van der Waals surface area contributed by atoms with Gasteiger partial charge in [-0.05, 0) is 25.2 Å². The predicted molar refractivity (Wildman–Crippen MR) is 238 cm³/mol. The number of ether oxygens (including phenoxy) is 3. The lowest BCUT2D eigenvalue weighted by Crippen LogP contribution is -2.30. The van der Waals surface area contributed by atoms with Gasteiger partial charge in [-0.3, -0.25) is 14.4 Å². The second-order valence-electron chi connectivity index (χ2n) is 17.3. The molecule has 0 rings (SSSR count). The molecule has 0 N–H and O–H groups in total. The van der Waals surface area contributed by atoms with Crippen molar-refractivity contribution < 1.29 is 28.6 Å². The van der Waals surface area contributed by atoms with Gasteiger partial charge in [0.2, 0.25) is 0 Å². The Morgan fingerprint density at radius 2 is 0.625 bits per heavy atom. The average Bonchev–Trinajstić information content (AvgIpc) is 3.19. The Labute approximate surface area is 348 Å². The van der Waals surface area contributed by atoms with E-state index in [2.05, 4.69) is 27.7 Å². The summed E-state index contributed by atoms with van der Waals surface area (Å²) in [5.74, 6) is -0.0357. The summed E-state index contributed by atoms with van der Waals surface area (Å²) in [5, 5.41) is 0. The summed E-state index contributed by atoms with van der Waals surface area (Å²) in [7, 11) is 0. The fourth-order valence-electron chi connectivity index (χ4n) is 7.48. The van der Waals surface area contributed by atoms with Crippen molar-refractivity contribution in [2.75, 3.05) is 13.2 Å². The minimum absolute atomic E-state index is 0.0636. The zero-order valence-electron chi connectivity index (χ0n) is 38.1. The van der Waals surface area contributed by atoms with Crippen LogP contribution in [0.25, 0.3) is 0 Å². The van der Waals surface area contributed by atoms with E-state index >= 15 is 0 Å². The highest BCUT2D eigenvalue weighted by molar-refractivity contribution is 5.71. The van der Waals surface area contributed by atoms with E-state index in [1.807, 2.05) is 0 Å². The second kappa shape index (κ2) is 44.5. The number of carbonyl (C=O) groups is 3. The van der Waals surface area contributed by atoms with Gasteiger partial charge in [0.05, 0.1) is 0 Å². The summed E-state index contributed by atoms with van der Waals surface area (Å²) < 4.78 is 16.8. The van der Waals surface area contributed by atoms with Gasteiger partial charge < -0.3 is 14.2 Å². The Hall–Kier alpha value is -1.59. The van der Waals surface area contributed by atoms with Crippen molar-refractivity contribution in [3.05, 3.63) is 0 Å². The Morgan fingerprint density at radius 3 is 0.929 bits per heavy atom. The molecule has 0 bridgehead atoms. The van der Waals surface area contributed by atoms with Crippen molar-refractivity contribution >= 4 is 17.9 Å². The molecule has 0 aliphatic heterocycles. The van der Waals surface area contributed by atoms with Crippen molar-refractivity contribution in [2.24, 2.45) is 5.92 Å². The first kappa shape index (κ1) is 54.4. The molecule has 332 valence electrons. The fourth-order valence-corrected chi connectivity index (χ4v) is 7.48. The molecule has 0 aliphatic carbocycles. The second-order valence-corrected chi connectivity index (χ2v) is 17.3. The Kier molecular flexibility index (Phi) is 43.2. The molecule has 6 heteroatoms. The first-order chi connectivity index (χ1) is 27.4. The maximum Gasteiger partial charge on any atom is 0.306 e. The van der Waals surface area contributed by atoms with E-state index < -0.39 is 6.10 Å². The Balaban J connectivity index is 4.30. The zero-order valence-corrected chi connectivity index (χ0v) is 38.1. The van der Waals surface area contributed by atoms with Crippen LogP contribution < -0.4 is 0 Å². The molecule has 0 aromatic carbocycles. The van der Waals surface area contributed by atoms with E-state index in [-0.39, 0.29) is 31.1 Å². The predicted octanol–water partition coefficient (Wildman–Crippen LogP) is 15.9. The van der Waals surface area contributed by atoms with Crippen LogP contribution in [0.2, 0.25) is 0 Å².